The number of alkyl halides is 1. The molecule has 0 bridgehead atoms. The molecule has 0 N–H and O–H groups in total. The van der Waals surface area contributed by atoms with Crippen LogP contribution < -0.4 is 0 Å². The Kier molecular flexibility index (Phi) is 4.16. The molecule has 0 aliphatic carbocycles. The zero-order valence-corrected chi connectivity index (χ0v) is 12.3. The van der Waals surface area contributed by atoms with E-state index in [-0.39, 0.29) is 17.1 Å². The van der Waals surface area contributed by atoms with Crippen molar-refractivity contribution in [3.8, 4) is 0 Å². The molecule has 0 aliphatic rings. The molecule has 100 valence electrons. The third kappa shape index (κ3) is 3.30. The van der Waals surface area contributed by atoms with Gasteiger partial charge in [0.05, 0.1) is 27.6 Å². The Hall–Kier alpha value is -1.47. The minimum atomic E-state index is -0.452. The largest absolute Gasteiger partial charge is 0.275 e. The van der Waals surface area contributed by atoms with Gasteiger partial charge in [0, 0.05) is 17.3 Å². The van der Waals surface area contributed by atoms with E-state index in [4.69, 9.17) is 11.6 Å². The van der Waals surface area contributed by atoms with Crippen LogP contribution in [0.4, 0.5) is 5.69 Å². The van der Waals surface area contributed by atoms with E-state index in [1.807, 2.05) is 6.92 Å². The van der Waals surface area contributed by atoms with Gasteiger partial charge < -0.3 is 0 Å². The number of aromatic nitrogens is 3. The van der Waals surface area contributed by atoms with E-state index in [0.717, 1.165) is 5.69 Å². The van der Waals surface area contributed by atoms with Gasteiger partial charge in [0.15, 0.2) is 0 Å². The third-order valence-electron chi connectivity index (χ3n) is 2.54. The molecule has 0 fully saturated rings. The number of rotatable bonds is 4. The zero-order chi connectivity index (χ0) is 14.0. The number of nitro groups is 1. The molecule has 2 rings (SSSR count). The second kappa shape index (κ2) is 5.66. The van der Waals surface area contributed by atoms with E-state index in [1.165, 1.54) is 6.07 Å². The molecule has 0 amide bonds. The summed E-state index contributed by atoms with van der Waals surface area (Å²) in [6.45, 7) is 2.21. The van der Waals surface area contributed by atoms with Crippen LogP contribution in [0.25, 0.3) is 0 Å². The van der Waals surface area contributed by atoms with Crippen molar-refractivity contribution in [3.05, 3.63) is 50.8 Å². The van der Waals surface area contributed by atoms with E-state index < -0.39 is 4.92 Å². The summed E-state index contributed by atoms with van der Waals surface area (Å²) < 4.78 is 1.56. The monoisotopic (exact) mass is 344 g/mol. The van der Waals surface area contributed by atoms with E-state index in [9.17, 15) is 10.1 Å². The van der Waals surface area contributed by atoms with E-state index in [2.05, 4.69) is 26.2 Å². The average Bonchev–Trinajstić information content (AvgIpc) is 2.80. The molecule has 1 heterocycles. The Labute approximate surface area is 122 Å². The Morgan fingerprint density at radius 2 is 2.32 bits per heavy atom. The molecule has 0 aliphatic heterocycles. The van der Waals surface area contributed by atoms with Crippen LogP contribution in [-0.2, 0) is 6.54 Å². The lowest BCUT2D eigenvalue weighted by atomic mass is 10.2. The highest BCUT2D eigenvalue weighted by Crippen LogP contribution is 2.24. The number of hydrogen-bond donors (Lipinski definition) is 0. The third-order valence-corrected chi connectivity index (χ3v) is 3.24. The zero-order valence-electron chi connectivity index (χ0n) is 9.96. The maximum atomic E-state index is 11.0. The van der Waals surface area contributed by atoms with Crippen LogP contribution >= 0.6 is 27.5 Å². The number of halogens is 2. The molecule has 19 heavy (non-hydrogen) atoms. The lowest BCUT2D eigenvalue weighted by Crippen LogP contribution is -2.04. The maximum absolute atomic E-state index is 11.0. The van der Waals surface area contributed by atoms with Crippen molar-refractivity contribution in [1.29, 1.82) is 0 Å². The molecule has 0 saturated carbocycles. The van der Waals surface area contributed by atoms with Gasteiger partial charge in [-0.1, -0.05) is 32.7 Å². The first-order valence-corrected chi connectivity index (χ1v) is 6.73. The maximum Gasteiger partial charge on any atom is 0.275 e. The van der Waals surface area contributed by atoms with Crippen LogP contribution in [0.1, 0.15) is 23.0 Å². The van der Waals surface area contributed by atoms with Gasteiger partial charge in [-0.15, -0.1) is 5.10 Å². The molecule has 1 unspecified atom stereocenters. The molecular weight excluding hydrogens is 336 g/mol. The molecular formula is C11H10BrClN4O2. The van der Waals surface area contributed by atoms with Crippen molar-refractivity contribution >= 4 is 33.2 Å². The summed E-state index contributed by atoms with van der Waals surface area (Å²) in [6, 6.07) is 4.58. The fourth-order valence-electron chi connectivity index (χ4n) is 1.59. The smallest absolute Gasteiger partial charge is 0.258 e. The Morgan fingerprint density at radius 3 is 2.89 bits per heavy atom. The highest BCUT2D eigenvalue weighted by Gasteiger charge is 2.15. The second-order valence-electron chi connectivity index (χ2n) is 3.99. The summed E-state index contributed by atoms with van der Waals surface area (Å²) in [7, 11) is 0. The number of benzene rings is 1. The Balaban J connectivity index is 2.29. The quantitative estimate of drug-likeness (QED) is 0.484. The SMILES string of the molecule is CC(Br)c1cn(Cc2ccc(Cl)cc2[N+](=O)[O-])nn1. The van der Waals surface area contributed by atoms with Gasteiger partial charge in [0.25, 0.3) is 5.69 Å². The summed E-state index contributed by atoms with van der Waals surface area (Å²) in [5.41, 5.74) is 1.29. The van der Waals surface area contributed by atoms with Gasteiger partial charge in [-0.05, 0) is 19.1 Å². The van der Waals surface area contributed by atoms with E-state index >= 15 is 0 Å². The molecule has 1 aromatic heterocycles. The van der Waals surface area contributed by atoms with Gasteiger partial charge in [-0.25, -0.2) is 4.68 Å². The van der Waals surface area contributed by atoms with Crippen LogP contribution in [-0.4, -0.2) is 19.9 Å². The van der Waals surface area contributed by atoms with Gasteiger partial charge >= 0.3 is 0 Å². The molecule has 8 heteroatoms. The standard InChI is InChI=1S/C11H10BrClN4O2/c1-7(12)10-6-16(15-14-10)5-8-2-3-9(13)4-11(8)17(18)19/h2-4,6-7H,5H2,1H3. The summed E-state index contributed by atoms with van der Waals surface area (Å²) >= 11 is 9.15. The Bertz CT molecular complexity index is 614. The van der Waals surface area contributed by atoms with Crippen LogP contribution in [0.5, 0.6) is 0 Å². The highest BCUT2D eigenvalue weighted by atomic mass is 79.9. The van der Waals surface area contributed by atoms with E-state index in [1.54, 1.807) is 23.0 Å². The average molecular weight is 346 g/mol. The van der Waals surface area contributed by atoms with E-state index in [0.29, 0.717) is 10.6 Å². The Morgan fingerprint density at radius 1 is 1.58 bits per heavy atom. The molecule has 1 aromatic carbocycles. The summed E-state index contributed by atoms with van der Waals surface area (Å²) in [4.78, 5) is 10.6. The predicted octanol–water partition coefficient (Wildman–Crippen LogP) is 3.34. The van der Waals surface area contributed by atoms with Crippen molar-refractivity contribution in [2.75, 3.05) is 0 Å². The first-order valence-electron chi connectivity index (χ1n) is 5.44. The fraction of sp³-hybridized carbons (Fsp3) is 0.273. The molecule has 1 atom stereocenters. The molecule has 2 aromatic rings. The van der Waals surface area contributed by atoms with Crippen molar-refractivity contribution < 1.29 is 4.92 Å². The van der Waals surface area contributed by atoms with Crippen molar-refractivity contribution in [2.45, 2.75) is 18.3 Å². The van der Waals surface area contributed by atoms with Crippen LogP contribution in [0.3, 0.4) is 0 Å². The van der Waals surface area contributed by atoms with Gasteiger partial charge in [-0.3, -0.25) is 10.1 Å². The van der Waals surface area contributed by atoms with Gasteiger partial charge in [0.2, 0.25) is 0 Å². The lowest BCUT2D eigenvalue weighted by Gasteiger charge is -2.03. The normalized spacial score (nSPS) is 12.4. The lowest BCUT2D eigenvalue weighted by molar-refractivity contribution is -0.385. The molecule has 0 saturated heterocycles. The first kappa shape index (κ1) is 14.0. The highest BCUT2D eigenvalue weighted by molar-refractivity contribution is 9.09. The number of nitro benzene ring substituents is 1. The number of nitrogens with zero attached hydrogens (tertiary/aromatic N) is 4. The van der Waals surface area contributed by atoms with Crippen LogP contribution in [0, 0.1) is 10.1 Å². The summed E-state index contributed by atoms with van der Waals surface area (Å²) in [6.07, 6.45) is 1.75. The van der Waals surface area contributed by atoms with Gasteiger partial charge in [0.1, 0.15) is 0 Å². The molecule has 0 spiro atoms. The fourth-order valence-corrected chi connectivity index (χ4v) is 1.96. The second-order valence-corrected chi connectivity index (χ2v) is 5.80. The molecule has 6 nitrogen and oxygen atoms in total. The topological polar surface area (TPSA) is 73.8 Å². The summed E-state index contributed by atoms with van der Waals surface area (Å²) in [5, 5.41) is 19.2. The molecule has 0 radical (unpaired) electrons. The van der Waals surface area contributed by atoms with Crippen LogP contribution in [0.15, 0.2) is 24.4 Å². The van der Waals surface area contributed by atoms with Gasteiger partial charge in [-0.2, -0.15) is 0 Å². The van der Waals surface area contributed by atoms with Crippen molar-refractivity contribution in [3.63, 3.8) is 0 Å². The minimum Gasteiger partial charge on any atom is -0.258 e. The van der Waals surface area contributed by atoms with Crippen LogP contribution in [0.2, 0.25) is 5.02 Å². The first-order chi connectivity index (χ1) is 8.97. The van der Waals surface area contributed by atoms with Crippen molar-refractivity contribution in [1.82, 2.24) is 15.0 Å². The number of hydrogen-bond acceptors (Lipinski definition) is 4. The summed E-state index contributed by atoms with van der Waals surface area (Å²) in [5.74, 6) is 0. The minimum absolute atomic E-state index is 0.0172. The van der Waals surface area contributed by atoms with Crippen molar-refractivity contribution in [2.24, 2.45) is 0 Å². The predicted molar refractivity (Wildman–Crippen MR) is 74.6 cm³/mol.